The SMILES string of the molecule is Cc1ccc2nc(Nc3cccc(C(=O)[O-])c3)nc(-c3ccccc3)c2c1. The standard InChI is InChI=1S/C22H17N3O2/c1-14-10-11-19-18(12-14)20(15-6-3-2-4-7-15)25-22(24-19)23-17-9-5-8-16(13-17)21(26)27/h2-13H,1H3,(H,26,27)(H,23,24,25)/p-1. The highest BCUT2D eigenvalue weighted by molar-refractivity contribution is 5.94. The second-order valence-corrected chi connectivity index (χ2v) is 6.28. The Morgan fingerprint density at radius 2 is 1.74 bits per heavy atom. The number of nitrogens with zero attached hydrogens (tertiary/aromatic N) is 2. The van der Waals surface area contributed by atoms with Gasteiger partial charge in [0, 0.05) is 16.6 Å². The van der Waals surface area contributed by atoms with Crippen LogP contribution in [0.5, 0.6) is 0 Å². The molecule has 1 N–H and O–H groups in total. The van der Waals surface area contributed by atoms with Gasteiger partial charge >= 0.3 is 0 Å². The number of rotatable bonds is 4. The summed E-state index contributed by atoms with van der Waals surface area (Å²) in [6, 6.07) is 22.3. The molecule has 0 radical (unpaired) electrons. The third-order valence-electron chi connectivity index (χ3n) is 4.25. The van der Waals surface area contributed by atoms with Crippen molar-refractivity contribution in [1.82, 2.24) is 9.97 Å². The number of fused-ring (bicyclic) bond motifs is 1. The molecule has 0 atom stereocenters. The molecular formula is C22H16N3O2-. The minimum Gasteiger partial charge on any atom is -0.545 e. The molecule has 0 bridgehead atoms. The number of carboxylic acid groups (broad SMARTS) is 1. The lowest BCUT2D eigenvalue weighted by Gasteiger charge is -2.12. The number of hydrogen-bond donors (Lipinski definition) is 1. The monoisotopic (exact) mass is 354 g/mol. The zero-order valence-electron chi connectivity index (χ0n) is 14.6. The topological polar surface area (TPSA) is 77.9 Å². The number of aromatic carboxylic acids is 1. The fourth-order valence-corrected chi connectivity index (χ4v) is 2.97. The van der Waals surface area contributed by atoms with Gasteiger partial charge < -0.3 is 15.2 Å². The largest absolute Gasteiger partial charge is 0.545 e. The van der Waals surface area contributed by atoms with Crippen molar-refractivity contribution in [1.29, 1.82) is 0 Å². The Kier molecular flexibility index (Phi) is 4.26. The molecule has 5 heteroatoms. The number of benzene rings is 3. The zero-order valence-corrected chi connectivity index (χ0v) is 14.6. The molecule has 1 aromatic heterocycles. The van der Waals surface area contributed by atoms with Crippen LogP contribution in [0.3, 0.4) is 0 Å². The van der Waals surface area contributed by atoms with E-state index in [0.717, 1.165) is 27.7 Å². The number of carbonyl (C=O) groups excluding carboxylic acids is 1. The highest BCUT2D eigenvalue weighted by atomic mass is 16.4. The second kappa shape index (κ2) is 6.88. The van der Waals surface area contributed by atoms with Gasteiger partial charge in [0.25, 0.3) is 0 Å². The molecule has 0 amide bonds. The Balaban J connectivity index is 1.84. The van der Waals surface area contributed by atoms with Crippen molar-refractivity contribution in [3.8, 4) is 11.3 Å². The maximum atomic E-state index is 11.1. The van der Waals surface area contributed by atoms with Crippen molar-refractivity contribution < 1.29 is 9.90 Å². The van der Waals surface area contributed by atoms with Crippen molar-refractivity contribution in [2.24, 2.45) is 0 Å². The minimum atomic E-state index is -1.22. The summed E-state index contributed by atoms with van der Waals surface area (Å²) in [5, 5.41) is 15.2. The van der Waals surface area contributed by atoms with Gasteiger partial charge in [-0.3, -0.25) is 0 Å². The first-order valence-corrected chi connectivity index (χ1v) is 8.52. The molecule has 4 aromatic rings. The average Bonchev–Trinajstić information content (AvgIpc) is 2.68. The van der Waals surface area contributed by atoms with Crippen molar-refractivity contribution in [3.05, 3.63) is 83.9 Å². The predicted octanol–water partition coefficient (Wildman–Crippen LogP) is 3.71. The Labute approximate surface area is 156 Å². The van der Waals surface area contributed by atoms with Gasteiger partial charge in [-0.25, -0.2) is 9.97 Å². The molecule has 0 aliphatic heterocycles. The third kappa shape index (κ3) is 3.48. The number of hydrogen-bond acceptors (Lipinski definition) is 5. The molecule has 0 aliphatic carbocycles. The van der Waals surface area contributed by atoms with Crippen molar-refractivity contribution in [3.63, 3.8) is 0 Å². The lowest BCUT2D eigenvalue weighted by atomic mass is 10.0. The minimum absolute atomic E-state index is 0.0969. The summed E-state index contributed by atoms with van der Waals surface area (Å²) in [7, 11) is 0. The van der Waals surface area contributed by atoms with E-state index in [2.05, 4.69) is 16.4 Å². The zero-order chi connectivity index (χ0) is 18.8. The van der Waals surface area contributed by atoms with Crippen LogP contribution in [-0.4, -0.2) is 15.9 Å². The van der Waals surface area contributed by atoms with Crippen LogP contribution in [0.25, 0.3) is 22.2 Å². The van der Waals surface area contributed by atoms with Gasteiger partial charge in [-0.2, -0.15) is 0 Å². The van der Waals surface area contributed by atoms with Gasteiger partial charge in [0.1, 0.15) is 0 Å². The second-order valence-electron chi connectivity index (χ2n) is 6.28. The van der Waals surface area contributed by atoms with Crippen molar-refractivity contribution in [2.45, 2.75) is 6.92 Å². The van der Waals surface area contributed by atoms with Gasteiger partial charge in [-0.1, -0.05) is 54.1 Å². The van der Waals surface area contributed by atoms with E-state index in [1.165, 1.54) is 12.1 Å². The Morgan fingerprint density at radius 3 is 2.52 bits per heavy atom. The molecule has 0 unspecified atom stereocenters. The fraction of sp³-hybridized carbons (Fsp3) is 0.0455. The van der Waals surface area contributed by atoms with Gasteiger partial charge in [-0.15, -0.1) is 0 Å². The van der Waals surface area contributed by atoms with Crippen molar-refractivity contribution in [2.75, 3.05) is 5.32 Å². The summed E-state index contributed by atoms with van der Waals surface area (Å²) < 4.78 is 0. The van der Waals surface area contributed by atoms with Crippen LogP contribution in [0, 0.1) is 6.92 Å². The number of nitrogens with one attached hydrogen (secondary N) is 1. The number of anilines is 2. The van der Waals surface area contributed by atoms with Gasteiger partial charge in [-0.05, 0) is 36.8 Å². The first-order valence-electron chi connectivity index (χ1n) is 8.52. The molecular weight excluding hydrogens is 338 g/mol. The molecule has 3 aromatic carbocycles. The molecule has 0 fully saturated rings. The van der Waals surface area contributed by atoms with Crippen LogP contribution in [0.2, 0.25) is 0 Å². The highest BCUT2D eigenvalue weighted by Crippen LogP contribution is 2.29. The lowest BCUT2D eigenvalue weighted by Crippen LogP contribution is -2.22. The summed E-state index contributed by atoms with van der Waals surface area (Å²) in [6.45, 7) is 2.03. The third-order valence-corrected chi connectivity index (χ3v) is 4.25. The van der Waals surface area contributed by atoms with Crippen LogP contribution >= 0.6 is 0 Å². The maximum Gasteiger partial charge on any atom is 0.228 e. The fourth-order valence-electron chi connectivity index (χ4n) is 2.97. The van der Waals surface area contributed by atoms with E-state index in [1.54, 1.807) is 12.1 Å². The Bertz CT molecular complexity index is 1140. The number of aromatic nitrogens is 2. The van der Waals surface area contributed by atoms with E-state index < -0.39 is 5.97 Å². The van der Waals surface area contributed by atoms with E-state index in [-0.39, 0.29) is 5.56 Å². The summed E-state index contributed by atoms with van der Waals surface area (Å²) in [5.74, 6) is -0.820. The summed E-state index contributed by atoms with van der Waals surface area (Å²) in [4.78, 5) is 20.4. The van der Waals surface area contributed by atoms with Crippen molar-refractivity contribution >= 4 is 28.5 Å². The van der Waals surface area contributed by atoms with Crippen LogP contribution in [0.1, 0.15) is 15.9 Å². The van der Waals surface area contributed by atoms with Crippen LogP contribution in [-0.2, 0) is 0 Å². The summed E-state index contributed by atoms with van der Waals surface area (Å²) in [6.07, 6.45) is 0. The molecule has 4 rings (SSSR count). The van der Waals surface area contributed by atoms with Crippen LogP contribution < -0.4 is 10.4 Å². The van der Waals surface area contributed by atoms with Crippen LogP contribution in [0.15, 0.2) is 72.8 Å². The van der Waals surface area contributed by atoms with Gasteiger partial charge in [0.2, 0.25) is 5.95 Å². The van der Waals surface area contributed by atoms with Gasteiger partial charge in [0.05, 0.1) is 17.2 Å². The first kappa shape index (κ1) is 16.7. The normalized spacial score (nSPS) is 10.7. The van der Waals surface area contributed by atoms with E-state index in [9.17, 15) is 9.90 Å². The molecule has 0 saturated heterocycles. The quantitative estimate of drug-likeness (QED) is 0.604. The first-order chi connectivity index (χ1) is 13.1. The molecule has 0 aliphatic rings. The molecule has 0 saturated carbocycles. The molecule has 27 heavy (non-hydrogen) atoms. The van der Waals surface area contributed by atoms with Gasteiger partial charge in [0.15, 0.2) is 0 Å². The lowest BCUT2D eigenvalue weighted by molar-refractivity contribution is -0.255. The number of aryl methyl sites for hydroxylation is 1. The van der Waals surface area contributed by atoms with E-state index >= 15 is 0 Å². The maximum absolute atomic E-state index is 11.1. The predicted molar refractivity (Wildman–Crippen MR) is 104 cm³/mol. The molecule has 1 heterocycles. The average molecular weight is 354 g/mol. The molecule has 0 spiro atoms. The smallest absolute Gasteiger partial charge is 0.228 e. The van der Waals surface area contributed by atoms with Crippen LogP contribution in [0.4, 0.5) is 11.6 Å². The van der Waals surface area contributed by atoms with E-state index in [1.807, 2.05) is 49.4 Å². The Morgan fingerprint density at radius 1 is 0.926 bits per heavy atom. The highest BCUT2D eigenvalue weighted by Gasteiger charge is 2.10. The number of carboxylic acids is 1. The molecule has 132 valence electrons. The van der Waals surface area contributed by atoms with E-state index in [0.29, 0.717) is 11.6 Å². The van der Waals surface area contributed by atoms with E-state index in [4.69, 9.17) is 4.98 Å². The number of carbonyl (C=O) groups is 1. The molecule has 5 nitrogen and oxygen atoms in total. The Hall–Kier alpha value is -3.73. The summed E-state index contributed by atoms with van der Waals surface area (Å²) in [5.41, 5.74) is 4.44. The summed E-state index contributed by atoms with van der Waals surface area (Å²) >= 11 is 0.